The van der Waals surface area contributed by atoms with Gasteiger partial charge in [0.1, 0.15) is 5.82 Å². The molecular weight excluding hydrogens is 203 g/mol. The minimum Gasteiger partial charge on any atom is -0.389 e. The molecule has 0 aliphatic carbocycles. The molecule has 0 radical (unpaired) electrons. The number of aliphatic hydroxyl groups is 1. The number of hydrogen-bond acceptors (Lipinski definition) is 1. The van der Waals surface area contributed by atoms with E-state index in [0.717, 1.165) is 11.1 Å². The van der Waals surface area contributed by atoms with Crippen molar-refractivity contribution >= 4 is 0 Å². The molecule has 0 spiro atoms. The SMILES string of the molecule is CCC(O)(Cc1cc(F)ccc1C)C(C)C. The summed E-state index contributed by atoms with van der Waals surface area (Å²) in [5.74, 6) is -0.0667. The van der Waals surface area contributed by atoms with Gasteiger partial charge < -0.3 is 5.11 Å². The first-order valence-electron chi connectivity index (χ1n) is 5.86. The van der Waals surface area contributed by atoms with Crippen molar-refractivity contribution in [2.24, 2.45) is 5.92 Å². The minimum atomic E-state index is -0.738. The van der Waals surface area contributed by atoms with E-state index < -0.39 is 5.60 Å². The fourth-order valence-corrected chi connectivity index (χ4v) is 1.90. The highest BCUT2D eigenvalue weighted by atomic mass is 19.1. The van der Waals surface area contributed by atoms with Gasteiger partial charge in [0.2, 0.25) is 0 Å². The first kappa shape index (κ1) is 13.2. The highest BCUT2D eigenvalue weighted by Gasteiger charge is 2.29. The Balaban J connectivity index is 2.98. The average molecular weight is 224 g/mol. The van der Waals surface area contributed by atoms with Gasteiger partial charge in [-0.1, -0.05) is 26.8 Å². The van der Waals surface area contributed by atoms with E-state index >= 15 is 0 Å². The molecule has 0 aliphatic heterocycles. The molecule has 1 rings (SSSR count). The second-order valence-corrected chi connectivity index (χ2v) is 4.86. The maximum atomic E-state index is 13.1. The van der Waals surface area contributed by atoms with Crippen LogP contribution in [0.4, 0.5) is 4.39 Å². The highest BCUT2D eigenvalue weighted by Crippen LogP contribution is 2.27. The van der Waals surface area contributed by atoms with Crippen LogP contribution in [0.5, 0.6) is 0 Å². The number of benzene rings is 1. The van der Waals surface area contributed by atoms with Gasteiger partial charge in [0.15, 0.2) is 0 Å². The second-order valence-electron chi connectivity index (χ2n) is 4.86. The normalized spacial score (nSPS) is 15.2. The summed E-state index contributed by atoms with van der Waals surface area (Å²) in [5, 5.41) is 10.4. The van der Waals surface area contributed by atoms with Gasteiger partial charge in [-0.25, -0.2) is 4.39 Å². The Morgan fingerprint density at radius 3 is 2.50 bits per heavy atom. The van der Waals surface area contributed by atoms with E-state index in [1.165, 1.54) is 12.1 Å². The van der Waals surface area contributed by atoms with E-state index in [0.29, 0.717) is 12.8 Å². The quantitative estimate of drug-likeness (QED) is 0.830. The van der Waals surface area contributed by atoms with Crippen LogP contribution in [0.15, 0.2) is 18.2 Å². The van der Waals surface area contributed by atoms with Crippen LogP contribution in [0.2, 0.25) is 0 Å². The maximum Gasteiger partial charge on any atom is 0.123 e. The lowest BCUT2D eigenvalue weighted by molar-refractivity contribution is -0.00845. The Morgan fingerprint density at radius 2 is 2.00 bits per heavy atom. The molecule has 1 aromatic carbocycles. The van der Waals surface area contributed by atoms with Crippen molar-refractivity contribution in [1.29, 1.82) is 0 Å². The van der Waals surface area contributed by atoms with Gasteiger partial charge in [0, 0.05) is 6.42 Å². The molecule has 0 saturated carbocycles. The van der Waals surface area contributed by atoms with Gasteiger partial charge in [-0.05, 0) is 42.5 Å². The van der Waals surface area contributed by atoms with Gasteiger partial charge >= 0.3 is 0 Å². The molecule has 0 amide bonds. The van der Waals surface area contributed by atoms with Crippen LogP contribution in [0.25, 0.3) is 0 Å². The molecule has 16 heavy (non-hydrogen) atoms. The van der Waals surface area contributed by atoms with Gasteiger partial charge in [-0.15, -0.1) is 0 Å². The molecule has 0 fully saturated rings. The lowest BCUT2D eigenvalue weighted by Gasteiger charge is -2.31. The summed E-state index contributed by atoms with van der Waals surface area (Å²) < 4.78 is 13.1. The van der Waals surface area contributed by atoms with E-state index in [-0.39, 0.29) is 11.7 Å². The third-order valence-corrected chi connectivity index (χ3v) is 3.49. The van der Waals surface area contributed by atoms with E-state index in [9.17, 15) is 9.50 Å². The molecule has 0 aliphatic rings. The molecule has 0 heterocycles. The number of halogens is 1. The van der Waals surface area contributed by atoms with Crippen LogP contribution in [0, 0.1) is 18.7 Å². The van der Waals surface area contributed by atoms with Gasteiger partial charge in [-0.2, -0.15) is 0 Å². The molecule has 1 aromatic rings. The van der Waals surface area contributed by atoms with E-state index in [2.05, 4.69) is 0 Å². The molecule has 1 unspecified atom stereocenters. The van der Waals surface area contributed by atoms with Gasteiger partial charge in [-0.3, -0.25) is 0 Å². The lowest BCUT2D eigenvalue weighted by atomic mass is 9.81. The molecule has 90 valence electrons. The summed E-state index contributed by atoms with van der Waals surface area (Å²) in [4.78, 5) is 0. The summed E-state index contributed by atoms with van der Waals surface area (Å²) in [6.45, 7) is 7.91. The van der Waals surface area contributed by atoms with Crippen molar-refractivity contribution in [3.05, 3.63) is 35.1 Å². The molecule has 2 heteroatoms. The summed E-state index contributed by atoms with van der Waals surface area (Å²) in [7, 11) is 0. The maximum absolute atomic E-state index is 13.1. The van der Waals surface area contributed by atoms with Crippen molar-refractivity contribution in [2.75, 3.05) is 0 Å². The zero-order valence-corrected chi connectivity index (χ0v) is 10.5. The molecule has 0 bridgehead atoms. The number of rotatable bonds is 4. The predicted octanol–water partition coefficient (Wildman–Crippen LogP) is 3.47. The third-order valence-electron chi connectivity index (χ3n) is 3.49. The fraction of sp³-hybridized carbons (Fsp3) is 0.571. The minimum absolute atomic E-state index is 0.167. The van der Waals surface area contributed by atoms with E-state index in [4.69, 9.17) is 0 Å². The molecule has 1 atom stereocenters. The van der Waals surface area contributed by atoms with Gasteiger partial charge in [0.25, 0.3) is 0 Å². The van der Waals surface area contributed by atoms with E-state index in [1.54, 1.807) is 6.07 Å². The fourth-order valence-electron chi connectivity index (χ4n) is 1.90. The summed E-state index contributed by atoms with van der Waals surface area (Å²) in [5.41, 5.74) is 1.20. The van der Waals surface area contributed by atoms with Crippen molar-refractivity contribution in [3.63, 3.8) is 0 Å². The standard InChI is InChI=1S/C14H21FO/c1-5-14(16,10(2)3)9-12-8-13(15)7-6-11(12)4/h6-8,10,16H,5,9H2,1-4H3. The molecule has 1 N–H and O–H groups in total. The van der Waals surface area contributed by atoms with Crippen molar-refractivity contribution < 1.29 is 9.50 Å². The van der Waals surface area contributed by atoms with E-state index in [1.807, 2.05) is 27.7 Å². The Morgan fingerprint density at radius 1 is 1.38 bits per heavy atom. The summed E-state index contributed by atoms with van der Waals surface area (Å²) >= 11 is 0. The first-order valence-corrected chi connectivity index (χ1v) is 5.86. The van der Waals surface area contributed by atoms with Gasteiger partial charge in [0.05, 0.1) is 5.60 Å². The summed E-state index contributed by atoms with van der Waals surface area (Å²) in [6.07, 6.45) is 1.20. The number of aryl methyl sites for hydroxylation is 1. The first-order chi connectivity index (χ1) is 7.39. The summed E-state index contributed by atoms with van der Waals surface area (Å²) in [6, 6.07) is 4.75. The average Bonchev–Trinajstić information content (AvgIpc) is 2.23. The largest absolute Gasteiger partial charge is 0.389 e. The topological polar surface area (TPSA) is 20.2 Å². The Kier molecular flexibility index (Phi) is 4.09. The molecular formula is C14H21FO. The van der Waals surface area contributed by atoms with Crippen LogP contribution in [0.1, 0.15) is 38.3 Å². The molecule has 0 aromatic heterocycles. The predicted molar refractivity (Wildman–Crippen MR) is 64.9 cm³/mol. The lowest BCUT2D eigenvalue weighted by Crippen LogP contribution is -2.36. The Labute approximate surface area is 97.3 Å². The highest BCUT2D eigenvalue weighted by molar-refractivity contribution is 5.28. The van der Waals surface area contributed by atoms with Crippen LogP contribution in [0.3, 0.4) is 0 Å². The van der Waals surface area contributed by atoms with Crippen LogP contribution in [-0.4, -0.2) is 10.7 Å². The van der Waals surface area contributed by atoms with Crippen molar-refractivity contribution in [3.8, 4) is 0 Å². The zero-order valence-electron chi connectivity index (χ0n) is 10.5. The van der Waals surface area contributed by atoms with Crippen LogP contribution < -0.4 is 0 Å². The molecule has 1 nitrogen and oxygen atoms in total. The van der Waals surface area contributed by atoms with Crippen molar-refractivity contribution in [1.82, 2.24) is 0 Å². The third kappa shape index (κ3) is 2.82. The zero-order chi connectivity index (χ0) is 12.3. The smallest absolute Gasteiger partial charge is 0.123 e. The molecule has 0 saturated heterocycles. The van der Waals surface area contributed by atoms with Crippen molar-refractivity contribution in [2.45, 2.75) is 46.1 Å². The Bertz CT molecular complexity index is 360. The van der Waals surface area contributed by atoms with Crippen LogP contribution in [-0.2, 0) is 6.42 Å². The monoisotopic (exact) mass is 224 g/mol. The number of hydrogen-bond donors (Lipinski definition) is 1. The Hall–Kier alpha value is -0.890. The van der Waals surface area contributed by atoms with Crippen LogP contribution >= 0.6 is 0 Å². The second kappa shape index (κ2) is 4.96.